The number of aromatic nitrogens is 1. The summed E-state index contributed by atoms with van der Waals surface area (Å²) >= 11 is 5.77. The SMILES string of the molecule is CC(C)c1ccc(Oc2cc(CCl)ccn2)cc1. The van der Waals surface area contributed by atoms with Crippen LogP contribution in [0.3, 0.4) is 0 Å². The molecule has 0 aliphatic heterocycles. The van der Waals surface area contributed by atoms with E-state index >= 15 is 0 Å². The van der Waals surface area contributed by atoms with Crippen LogP contribution in [0.25, 0.3) is 0 Å². The van der Waals surface area contributed by atoms with Crippen LogP contribution < -0.4 is 4.74 Å². The van der Waals surface area contributed by atoms with Crippen LogP contribution in [-0.2, 0) is 5.88 Å². The molecule has 0 unspecified atom stereocenters. The second-order valence-corrected chi connectivity index (χ2v) is 4.73. The molecule has 1 aromatic carbocycles. The highest BCUT2D eigenvalue weighted by Crippen LogP contribution is 2.23. The average Bonchev–Trinajstić information content (AvgIpc) is 2.39. The highest BCUT2D eigenvalue weighted by atomic mass is 35.5. The summed E-state index contributed by atoms with van der Waals surface area (Å²) in [5.41, 5.74) is 2.30. The maximum atomic E-state index is 5.77. The summed E-state index contributed by atoms with van der Waals surface area (Å²) in [6, 6.07) is 11.8. The zero-order valence-electron chi connectivity index (χ0n) is 10.6. The van der Waals surface area contributed by atoms with Crippen LogP contribution in [0.4, 0.5) is 0 Å². The maximum absolute atomic E-state index is 5.77. The van der Waals surface area contributed by atoms with Gasteiger partial charge in [-0.25, -0.2) is 4.98 Å². The van der Waals surface area contributed by atoms with Crippen LogP contribution in [0.5, 0.6) is 11.6 Å². The van der Waals surface area contributed by atoms with Gasteiger partial charge in [0.05, 0.1) is 0 Å². The minimum Gasteiger partial charge on any atom is -0.439 e. The van der Waals surface area contributed by atoms with Crippen LogP contribution >= 0.6 is 11.6 Å². The molecule has 94 valence electrons. The van der Waals surface area contributed by atoms with Crippen molar-refractivity contribution in [1.29, 1.82) is 0 Å². The predicted molar refractivity (Wildman–Crippen MR) is 74.4 cm³/mol. The molecule has 0 radical (unpaired) electrons. The molecule has 2 aromatic rings. The van der Waals surface area contributed by atoms with Gasteiger partial charge in [-0.15, -0.1) is 11.6 Å². The van der Waals surface area contributed by atoms with E-state index in [1.807, 2.05) is 24.3 Å². The van der Waals surface area contributed by atoms with Crippen LogP contribution in [0.1, 0.15) is 30.9 Å². The highest BCUT2D eigenvalue weighted by Gasteiger charge is 2.02. The van der Waals surface area contributed by atoms with Gasteiger partial charge < -0.3 is 4.74 Å². The van der Waals surface area contributed by atoms with E-state index < -0.39 is 0 Å². The van der Waals surface area contributed by atoms with Crippen molar-refractivity contribution < 1.29 is 4.74 Å². The number of hydrogen-bond donors (Lipinski definition) is 0. The fourth-order valence-corrected chi connectivity index (χ4v) is 1.80. The van der Waals surface area contributed by atoms with Crippen LogP contribution in [0.15, 0.2) is 42.6 Å². The van der Waals surface area contributed by atoms with Crippen LogP contribution in [-0.4, -0.2) is 4.98 Å². The number of benzene rings is 1. The lowest BCUT2D eigenvalue weighted by Gasteiger charge is -2.08. The summed E-state index contributed by atoms with van der Waals surface area (Å²) in [4.78, 5) is 4.16. The highest BCUT2D eigenvalue weighted by molar-refractivity contribution is 6.17. The van der Waals surface area contributed by atoms with Crippen LogP contribution in [0, 0.1) is 0 Å². The second-order valence-electron chi connectivity index (χ2n) is 4.46. The zero-order chi connectivity index (χ0) is 13.0. The van der Waals surface area contributed by atoms with Crippen molar-refractivity contribution in [2.45, 2.75) is 25.6 Å². The van der Waals surface area contributed by atoms with Gasteiger partial charge in [0.25, 0.3) is 0 Å². The van der Waals surface area contributed by atoms with Gasteiger partial charge in [-0.3, -0.25) is 0 Å². The van der Waals surface area contributed by atoms with Gasteiger partial charge >= 0.3 is 0 Å². The van der Waals surface area contributed by atoms with Crippen LogP contribution in [0.2, 0.25) is 0 Å². The molecule has 0 atom stereocenters. The first-order valence-electron chi connectivity index (χ1n) is 5.97. The summed E-state index contributed by atoms with van der Waals surface area (Å²) < 4.78 is 5.69. The van der Waals surface area contributed by atoms with Crippen molar-refractivity contribution in [3.8, 4) is 11.6 Å². The van der Waals surface area contributed by atoms with Gasteiger partial charge in [0.15, 0.2) is 0 Å². The summed E-state index contributed by atoms with van der Waals surface area (Å²) in [6.07, 6.45) is 1.70. The monoisotopic (exact) mass is 261 g/mol. The Hall–Kier alpha value is -1.54. The molecule has 0 fully saturated rings. The Balaban J connectivity index is 2.13. The van der Waals surface area contributed by atoms with E-state index in [9.17, 15) is 0 Å². The second kappa shape index (κ2) is 5.87. The lowest BCUT2D eigenvalue weighted by Crippen LogP contribution is -1.91. The third-order valence-electron chi connectivity index (χ3n) is 2.72. The summed E-state index contributed by atoms with van der Waals surface area (Å²) in [7, 11) is 0. The number of halogens is 1. The number of nitrogens with zero attached hydrogens (tertiary/aromatic N) is 1. The Labute approximate surface area is 113 Å². The Morgan fingerprint density at radius 3 is 2.50 bits per heavy atom. The van der Waals surface area contributed by atoms with Crippen molar-refractivity contribution in [2.24, 2.45) is 0 Å². The predicted octanol–water partition coefficient (Wildman–Crippen LogP) is 4.74. The number of ether oxygens (including phenoxy) is 1. The number of hydrogen-bond acceptors (Lipinski definition) is 2. The summed E-state index contributed by atoms with van der Waals surface area (Å²) in [5.74, 6) is 2.35. The molecule has 0 N–H and O–H groups in total. The lowest BCUT2D eigenvalue weighted by atomic mass is 10.0. The van der Waals surface area contributed by atoms with Crippen molar-refractivity contribution >= 4 is 11.6 Å². The summed E-state index contributed by atoms with van der Waals surface area (Å²) in [6.45, 7) is 4.34. The van der Waals surface area contributed by atoms with Gasteiger partial charge in [-0.2, -0.15) is 0 Å². The topological polar surface area (TPSA) is 22.1 Å². The number of alkyl halides is 1. The molecule has 0 saturated carbocycles. The molecule has 0 aliphatic rings. The molecule has 3 heteroatoms. The Bertz CT molecular complexity index is 508. The first-order chi connectivity index (χ1) is 8.69. The molecular formula is C15H16ClNO. The Morgan fingerprint density at radius 1 is 1.17 bits per heavy atom. The standard InChI is InChI=1S/C15H16ClNO/c1-11(2)13-3-5-14(6-4-13)18-15-9-12(10-16)7-8-17-15/h3-9,11H,10H2,1-2H3. The molecule has 0 bridgehead atoms. The van der Waals surface area contributed by atoms with E-state index in [1.54, 1.807) is 6.20 Å². The maximum Gasteiger partial charge on any atom is 0.219 e. The van der Waals surface area contributed by atoms with Crippen molar-refractivity contribution in [2.75, 3.05) is 0 Å². The molecule has 2 rings (SSSR count). The van der Waals surface area contributed by atoms with Gasteiger partial charge in [0.1, 0.15) is 5.75 Å². The van der Waals surface area contributed by atoms with Gasteiger partial charge in [0, 0.05) is 18.1 Å². The molecule has 2 nitrogen and oxygen atoms in total. The largest absolute Gasteiger partial charge is 0.439 e. The number of pyridine rings is 1. The Kier molecular flexibility index (Phi) is 4.21. The fraction of sp³-hybridized carbons (Fsp3) is 0.267. The average molecular weight is 262 g/mol. The van der Waals surface area contributed by atoms with Gasteiger partial charge in [0.2, 0.25) is 5.88 Å². The molecule has 18 heavy (non-hydrogen) atoms. The minimum absolute atomic E-state index is 0.463. The fourth-order valence-electron chi connectivity index (χ4n) is 1.63. The zero-order valence-corrected chi connectivity index (χ0v) is 11.3. The van der Waals surface area contributed by atoms with Crippen molar-refractivity contribution in [3.05, 3.63) is 53.7 Å². The third-order valence-corrected chi connectivity index (χ3v) is 3.03. The van der Waals surface area contributed by atoms with Gasteiger partial charge in [-0.1, -0.05) is 26.0 Å². The molecule has 0 spiro atoms. The quantitative estimate of drug-likeness (QED) is 0.742. The molecular weight excluding hydrogens is 246 g/mol. The van der Waals surface area contributed by atoms with Crippen molar-refractivity contribution in [1.82, 2.24) is 4.98 Å². The molecule has 1 heterocycles. The van der Waals surface area contributed by atoms with E-state index in [0.717, 1.165) is 11.3 Å². The summed E-state index contributed by atoms with van der Waals surface area (Å²) in [5, 5.41) is 0. The van der Waals surface area contributed by atoms with Gasteiger partial charge in [-0.05, 0) is 35.2 Å². The minimum atomic E-state index is 0.463. The van der Waals surface area contributed by atoms with E-state index in [-0.39, 0.29) is 0 Å². The normalized spacial score (nSPS) is 10.7. The van der Waals surface area contributed by atoms with E-state index in [2.05, 4.69) is 31.0 Å². The molecule has 0 aliphatic carbocycles. The van der Waals surface area contributed by atoms with E-state index in [0.29, 0.717) is 17.7 Å². The molecule has 1 aromatic heterocycles. The molecule has 0 amide bonds. The number of rotatable bonds is 4. The first-order valence-corrected chi connectivity index (χ1v) is 6.51. The van der Waals surface area contributed by atoms with E-state index in [1.165, 1.54) is 5.56 Å². The third kappa shape index (κ3) is 3.23. The lowest BCUT2D eigenvalue weighted by molar-refractivity contribution is 0.462. The smallest absolute Gasteiger partial charge is 0.219 e. The molecule has 0 saturated heterocycles. The first kappa shape index (κ1) is 12.9. The van der Waals surface area contributed by atoms with Crippen molar-refractivity contribution in [3.63, 3.8) is 0 Å². The Morgan fingerprint density at radius 2 is 1.89 bits per heavy atom. The van der Waals surface area contributed by atoms with E-state index in [4.69, 9.17) is 16.3 Å².